The number of aliphatic hydroxyl groups is 1. The molecule has 1 nitrogen and oxygen atoms in total. The Bertz CT molecular complexity index is 435. The van der Waals surface area contributed by atoms with Crippen LogP contribution < -0.4 is 0 Å². The summed E-state index contributed by atoms with van der Waals surface area (Å²) in [5, 5.41) is 10.9. The molecular formula is C19H28O. The molecule has 1 aromatic carbocycles. The van der Waals surface area contributed by atoms with Crippen molar-refractivity contribution in [3.05, 3.63) is 35.4 Å². The average molecular weight is 272 g/mol. The second-order valence-corrected chi connectivity index (χ2v) is 6.90. The Kier molecular flexibility index (Phi) is 4.45. The normalized spacial score (nSPS) is 28.9. The minimum atomic E-state index is -0.235. The van der Waals surface area contributed by atoms with Gasteiger partial charge in [0.1, 0.15) is 0 Å². The van der Waals surface area contributed by atoms with E-state index in [1.54, 1.807) is 0 Å². The van der Waals surface area contributed by atoms with E-state index in [2.05, 4.69) is 31.2 Å². The third kappa shape index (κ3) is 2.79. The van der Waals surface area contributed by atoms with Crippen LogP contribution in [0, 0.1) is 11.8 Å². The highest BCUT2D eigenvalue weighted by atomic mass is 16.3. The van der Waals surface area contributed by atoms with Crippen molar-refractivity contribution >= 4 is 0 Å². The molecule has 2 aliphatic carbocycles. The molecule has 0 bridgehead atoms. The van der Waals surface area contributed by atoms with Crippen molar-refractivity contribution < 1.29 is 5.11 Å². The summed E-state index contributed by atoms with van der Waals surface area (Å²) < 4.78 is 0. The van der Waals surface area contributed by atoms with Crippen LogP contribution in [0.2, 0.25) is 0 Å². The van der Waals surface area contributed by atoms with Crippen LogP contribution >= 0.6 is 0 Å². The second-order valence-electron chi connectivity index (χ2n) is 6.90. The smallest absolute Gasteiger partial charge is 0.0821 e. The van der Waals surface area contributed by atoms with Crippen LogP contribution in [-0.4, -0.2) is 5.11 Å². The van der Waals surface area contributed by atoms with E-state index in [1.165, 1.54) is 62.5 Å². The molecule has 3 atom stereocenters. The van der Waals surface area contributed by atoms with Gasteiger partial charge in [-0.05, 0) is 54.6 Å². The van der Waals surface area contributed by atoms with Gasteiger partial charge in [0.15, 0.2) is 0 Å². The fourth-order valence-corrected chi connectivity index (χ4v) is 4.12. The van der Waals surface area contributed by atoms with E-state index in [4.69, 9.17) is 0 Å². The van der Waals surface area contributed by atoms with Crippen LogP contribution in [0.3, 0.4) is 0 Å². The molecule has 2 saturated carbocycles. The zero-order valence-corrected chi connectivity index (χ0v) is 12.7. The van der Waals surface area contributed by atoms with Crippen LogP contribution in [0.25, 0.3) is 0 Å². The summed E-state index contributed by atoms with van der Waals surface area (Å²) in [6.07, 6.45) is 10.1. The largest absolute Gasteiger partial charge is 0.388 e. The summed E-state index contributed by atoms with van der Waals surface area (Å²) in [5.74, 6) is 2.03. The average Bonchev–Trinajstić information content (AvgIpc) is 2.45. The molecular weight excluding hydrogens is 244 g/mol. The summed E-state index contributed by atoms with van der Waals surface area (Å²) in [5.41, 5.74) is 2.67. The molecule has 20 heavy (non-hydrogen) atoms. The highest BCUT2D eigenvalue weighted by Gasteiger charge is 2.31. The highest BCUT2D eigenvalue weighted by molar-refractivity contribution is 5.33. The Hall–Kier alpha value is -0.820. The van der Waals surface area contributed by atoms with E-state index in [0.717, 1.165) is 5.92 Å². The van der Waals surface area contributed by atoms with E-state index >= 15 is 0 Å². The van der Waals surface area contributed by atoms with Gasteiger partial charge in [-0.25, -0.2) is 0 Å². The predicted octanol–water partition coefficient (Wildman–Crippen LogP) is 5.20. The zero-order chi connectivity index (χ0) is 13.9. The van der Waals surface area contributed by atoms with E-state index in [-0.39, 0.29) is 6.10 Å². The minimum Gasteiger partial charge on any atom is -0.388 e. The first-order chi connectivity index (χ1) is 9.79. The van der Waals surface area contributed by atoms with E-state index in [1.807, 2.05) is 0 Å². The number of hydrogen-bond donors (Lipinski definition) is 1. The highest BCUT2D eigenvalue weighted by Crippen LogP contribution is 2.43. The first kappa shape index (κ1) is 14.1. The Morgan fingerprint density at radius 3 is 2.55 bits per heavy atom. The number of aliphatic hydroxyl groups excluding tert-OH is 1. The van der Waals surface area contributed by atoms with E-state index in [0.29, 0.717) is 11.8 Å². The van der Waals surface area contributed by atoms with Crippen molar-refractivity contribution in [3.63, 3.8) is 0 Å². The molecule has 1 aromatic rings. The molecule has 0 heterocycles. The lowest BCUT2D eigenvalue weighted by molar-refractivity contribution is 0.0664. The van der Waals surface area contributed by atoms with Gasteiger partial charge in [0.05, 0.1) is 6.10 Å². The summed E-state index contributed by atoms with van der Waals surface area (Å²) in [7, 11) is 0. The van der Waals surface area contributed by atoms with Crippen molar-refractivity contribution in [1.29, 1.82) is 0 Å². The maximum atomic E-state index is 10.9. The Morgan fingerprint density at radius 1 is 1.10 bits per heavy atom. The SMILES string of the molecule is CCC1CCCC(C(O)c2ccccc2C2CCC2)C1. The minimum absolute atomic E-state index is 0.235. The van der Waals surface area contributed by atoms with Crippen LogP contribution in [-0.2, 0) is 0 Å². The molecule has 0 spiro atoms. The topological polar surface area (TPSA) is 20.2 Å². The molecule has 1 N–H and O–H groups in total. The standard InChI is InChI=1S/C19H28O/c1-2-14-7-5-10-16(13-14)19(20)18-12-4-3-11-17(18)15-8-6-9-15/h3-4,11-12,14-16,19-20H,2,5-10,13H2,1H3. The lowest BCUT2D eigenvalue weighted by atomic mass is 9.72. The summed E-state index contributed by atoms with van der Waals surface area (Å²) in [6, 6.07) is 8.66. The van der Waals surface area contributed by atoms with Gasteiger partial charge in [0, 0.05) is 0 Å². The molecule has 3 rings (SSSR count). The second kappa shape index (κ2) is 6.30. The molecule has 2 aliphatic rings. The fraction of sp³-hybridized carbons (Fsp3) is 0.684. The third-order valence-corrected chi connectivity index (χ3v) is 5.71. The summed E-state index contributed by atoms with van der Waals surface area (Å²) >= 11 is 0. The maximum Gasteiger partial charge on any atom is 0.0821 e. The van der Waals surface area contributed by atoms with Crippen molar-refractivity contribution in [2.45, 2.75) is 70.3 Å². The quantitative estimate of drug-likeness (QED) is 0.798. The van der Waals surface area contributed by atoms with Gasteiger partial charge < -0.3 is 5.11 Å². The Labute approximate surface area is 123 Å². The first-order valence-corrected chi connectivity index (χ1v) is 8.56. The van der Waals surface area contributed by atoms with E-state index < -0.39 is 0 Å². The van der Waals surface area contributed by atoms with Crippen molar-refractivity contribution in [3.8, 4) is 0 Å². The molecule has 2 fully saturated rings. The monoisotopic (exact) mass is 272 g/mol. The summed E-state index contributed by atoms with van der Waals surface area (Å²) in [6.45, 7) is 2.29. The van der Waals surface area contributed by atoms with Crippen LogP contribution in [0.1, 0.15) is 81.4 Å². The summed E-state index contributed by atoms with van der Waals surface area (Å²) in [4.78, 5) is 0. The van der Waals surface area contributed by atoms with Crippen LogP contribution in [0.4, 0.5) is 0 Å². The van der Waals surface area contributed by atoms with Gasteiger partial charge in [0.2, 0.25) is 0 Å². The van der Waals surface area contributed by atoms with Gasteiger partial charge in [-0.2, -0.15) is 0 Å². The maximum absolute atomic E-state index is 10.9. The van der Waals surface area contributed by atoms with Gasteiger partial charge in [-0.3, -0.25) is 0 Å². The number of rotatable bonds is 4. The number of benzene rings is 1. The molecule has 3 unspecified atom stereocenters. The molecule has 0 aromatic heterocycles. The first-order valence-electron chi connectivity index (χ1n) is 8.56. The predicted molar refractivity (Wildman–Crippen MR) is 83.7 cm³/mol. The lowest BCUT2D eigenvalue weighted by Gasteiger charge is -2.35. The van der Waals surface area contributed by atoms with Crippen molar-refractivity contribution in [2.75, 3.05) is 0 Å². The molecule has 0 amide bonds. The van der Waals surface area contributed by atoms with E-state index in [9.17, 15) is 5.11 Å². The molecule has 1 heteroatoms. The Morgan fingerprint density at radius 2 is 1.85 bits per heavy atom. The van der Waals surface area contributed by atoms with Gasteiger partial charge in [0.25, 0.3) is 0 Å². The Balaban J connectivity index is 1.77. The van der Waals surface area contributed by atoms with Gasteiger partial charge in [-0.15, -0.1) is 0 Å². The van der Waals surface area contributed by atoms with Crippen LogP contribution in [0.15, 0.2) is 24.3 Å². The fourth-order valence-electron chi connectivity index (χ4n) is 4.12. The van der Waals surface area contributed by atoms with Crippen LogP contribution in [0.5, 0.6) is 0 Å². The number of hydrogen-bond acceptors (Lipinski definition) is 1. The van der Waals surface area contributed by atoms with Crippen molar-refractivity contribution in [2.24, 2.45) is 11.8 Å². The molecule has 0 aliphatic heterocycles. The lowest BCUT2D eigenvalue weighted by Crippen LogP contribution is -2.23. The van der Waals surface area contributed by atoms with Gasteiger partial charge >= 0.3 is 0 Å². The molecule has 0 saturated heterocycles. The molecule has 0 radical (unpaired) electrons. The van der Waals surface area contributed by atoms with Gasteiger partial charge in [-0.1, -0.05) is 56.9 Å². The zero-order valence-electron chi connectivity index (χ0n) is 12.7. The third-order valence-electron chi connectivity index (χ3n) is 5.71. The molecule has 110 valence electrons. The van der Waals surface area contributed by atoms with Crippen molar-refractivity contribution in [1.82, 2.24) is 0 Å².